The predicted molar refractivity (Wildman–Crippen MR) is 80.3 cm³/mol. The maximum absolute atomic E-state index is 13.1. The van der Waals surface area contributed by atoms with E-state index in [1.165, 1.54) is 23.9 Å². The predicted octanol–water partition coefficient (Wildman–Crippen LogP) is 1.98. The summed E-state index contributed by atoms with van der Waals surface area (Å²) in [6, 6.07) is 3.62. The lowest BCUT2D eigenvalue weighted by Crippen LogP contribution is -2.20. The van der Waals surface area contributed by atoms with Crippen molar-refractivity contribution >= 4 is 32.6 Å². The molecule has 2 rings (SSSR count). The van der Waals surface area contributed by atoms with Gasteiger partial charge in [-0.2, -0.15) is 8.42 Å². The van der Waals surface area contributed by atoms with Gasteiger partial charge in [-0.15, -0.1) is 4.40 Å². The molecule has 8 heteroatoms. The smallest absolute Gasteiger partial charge is 0.286 e. The van der Waals surface area contributed by atoms with Crippen molar-refractivity contribution in [1.82, 2.24) is 4.90 Å². The molecule has 0 atom stereocenters. The van der Waals surface area contributed by atoms with E-state index >= 15 is 0 Å². The number of hydrogen-bond donors (Lipinski definition) is 1. The van der Waals surface area contributed by atoms with E-state index in [-0.39, 0.29) is 4.90 Å². The highest BCUT2D eigenvalue weighted by Gasteiger charge is 2.25. The van der Waals surface area contributed by atoms with Crippen molar-refractivity contribution in [3.05, 3.63) is 24.0 Å². The summed E-state index contributed by atoms with van der Waals surface area (Å²) in [5.41, 5.74) is 0.372. The highest BCUT2D eigenvalue weighted by Crippen LogP contribution is 2.30. The fourth-order valence-corrected chi connectivity index (χ4v) is 3.90. The highest BCUT2D eigenvalue weighted by atomic mass is 32.2. The number of sulfonamides is 1. The third-order valence-electron chi connectivity index (χ3n) is 2.65. The van der Waals surface area contributed by atoms with Gasteiger partial charge in [-0.25, -0.2) is 4.39 Å². The van der Waals surface area contributed by atoms with E-state index in [0.29, 0.717) is 10.9 Å². The molecule has 5 nitrogen and oxygen atoms in total. The molecular formula is C12H16FN3O2S2. The summed E-state index contributed by atoms with van der Waals surface area (Å²) in [4.78, 5) is 1.95. The van der Waals surface area contributed by atoms with Crippen molar-refractivity contribution in [3.8, 4) is 0 Å². The minimum absolute atomic E-state index is 0.116. The Morgan fingerprint density at radius 3 is 2.85 bits per heavy atom. The van der Waals surface area contributed by atoms with E-state index in [9.17, 15) is 12.8 Å². The molecule has 110 valence electrons. The summed E-state index contributed by atoms with van der Waals surface area (Å²) >= 11 is 1.35. The largest absolute Gasteiger partial charge is 0.333 e. The Hall–Kier alpha value is -1.12. The van der Waals surface area contributed by atoms with Crippen molar-refractivity contribution < 1.29 is 12.8 Å². The molecule has 20 heavy (non-hydrogen) atoms. The minimum atomic E-state index is -3.81. The van der Waals surface area contributed by atoms with Crippen LogP contribution in [-0.2, 0) is 10.0 Å². The average Bonchev–Trinajstić information content (AvgIpc) is 2.35. The van der Waals surface area contributed by atoms with Crippen molar-refractivity contribution in [2.24, 2.45) is 4.40 Å². The second-order valence-corrected chi connectivity index (χ2v) is 7.30. The van der Waals surface area contributed by atoms with Crippen LogP contribution in [0.3, 0.4) is 0 Å². The third kappa shape index (κ3) is 3.71. The number of anilines is 1. The molecule has 1 aliphatic rings. The topological polar surface area (TPSA) is 61.8 Å². The molecule has 1 aliphatic heterocycles. The lowest BCUT2D eigenvalue weighted by molar-refractivity contribution is 0.410. The summed E-state index contributed by atoms with van der Waals surface area (Å²) in [5, 5.41) is 3.26. The molecule has 0 spiro atoms. The van der Waals surface area contributed by atoms with Gasteiger partial charge in [0.1, 0.15) is 10.7 Å². The molecule has 0 bridgehead atoms. The fraction of sp³-hybridized carbons (Fsp3) is 0.417. The van der Waals surface area contributed by atoms with Gasteiger partial charge in [0, 0.05) is 5.75 Å². The molecule has 0 aromatic heterocycles. The van der Waals surface area contributed by atoms with Crippen molar-refractivity contribution in [2.45, 2.75) is 11.3 Å². The summed E-state index contributed by atoms with van der Waals surface area (Å²) in [5.74, 6) is 0.169. The Bertz CT molecular complexity index is 630. The molecule has 1 N–H and O–H groups in total. The van der Waals surface area contributed by atoms with E-state index < -0.39 is 15.8 Å². The molecule has 1 aromatic rings. The zero-order chi connectivity index (χ0) is 14.8. The molecular weight excluding hydrogens is 301 g/mol. The molecule has 0 unspecified atom stereocenters. The first-order valence-corrected chi connectivity index (χ1v) is 8.50. The van der Waals surface area contributed by atoms with Gasteiger partial charge in [-0.3, -0.25) is 0 Å². The normalized spacial score (nSPS) is 16.5. The quantitative estimate of drug-likeness (QED) is 0.861. The van der Waals surface area contributed by atoms with E-state index in [0.717, 1.165) is 24.8 Å². The Balaban J connectivity index is 2.09. The SMILES string of the molecule is CN(C)CCCSC1=NS(=O)(=O)c2cc(F)ccc2N1. The molecule has 1 aromatic carbocycles. The van der Waals surface area contributed by atoms with Gasteiger partial charge >= 0.3 is 0 Å². The molecule has 0 amide bonds. The van der Waals surface area contributed by atoms with Crippen LogP contribution >= 0.6 is 11.8 Å². The van der Waals surface area contributed by atoms with Crippen molar-refractivity contribution in [1.29, 1.82) is 0 Å². The van der Waals surface area contributed by atoms with Gasteiger partial charge in [-0.05, 0) is 45.3 Å². The summed E-state index contributed by atoms with van der Waals surface area (Å²) in [7, 11) is 0.152. The van der Waals surface area contributed by atoms with E-state index in [1.807, 2.05) is 14.1 Å². The standard InChI is InChI=1S/C12H16FN3O2S2/c1-16(2)6-3-7-19-12-14-10-5-4-9(13)8-11(10)20(17,18)15-12/h4-5,8H,3,6-7H2,1-2H3,(H,14,15). The number of benzene rings is 1. The lowest BCUT2D eigenvalue weighted by atomic mass is 10.3. The Morgan fingerprint density at radius 1 is 1.40 bits per heavy atom. The molecule has 0 fully saturated rings. The van der Waals surface area contributed by atoms with Gasteiger partial charge in [0.05, 0.1) is 5.69 Å². The first-order valence-electron chi connectivity index (χ1n) is 6.07. The lowest BCUT2D eigenvalue weighted by Gasteiger charge is -2.17. The maximum Gasteiger partial charge on any atom is 0.286 e. The van der Waals surface area contributed by atoms with Gasteiger partial charge in [0.15, 0.2) is 5.17 Å². The number of halogens is 1. The van der Waals surface area contributed by atoms with Crippen molar-refractivity contribution in [3.63, 3.8) is 0 Å². The number of amidine groups is 1. The molecule has 0 aliphatic carbocycles. The number of thioether (sulfide) groups is 1. The van der Waals surface area contributed by atoms with Gasteiger partial charge in [-0.1, -0.05) is 11.8 Å². The first-order chi connectivity index (χ1) is 9.38. The van der Waals surface area contributed by atoms with Gasteiger partial charge < -0.3 is 10.2 Å². The molecule has 0 radical (unpaired) electrons. The molecule has 1 heterocycles. The fourth-order valence-electron chi connectivity index (χ4n) is 1.72. The van der Waals surface area contributed by atoms with Crippen LogP contribution in [0.2, 0.25) is 0 Å². The van der Waals surface area contributed by atoms with Crippen LogP contribution in [0.4, 0.5) is 10.1 Å². The van der Waals surface area contributed by atoms with Gasteiger partial charge in [0.2, 0.25) is 0 Å². The molecule has 0 saturated heterocycles. The number of nitrogens with one attached hydrogen (secondary N) is 1. The zero-order valence-electron chi connectivity index (χ0n) is 11.3. The Labute approximate surface area is 122 Å². The highest BCUT2D eigenvalue weighted by molar-refractivity contribution is 8.14. The number of fused-ring (bicyclic) bond motifs is 1. The monoisotopic (exact) mass is 317 g/mol. The average molecular weight is 317 g/mol. The number of rotatable bonds is 4. The van der Waals surface area contributed by atoms with E-state index in [2.05, 4.69) is 14.6 Å². The second kappa shape index (κ2) is 6.11. The van der Waals surface area contributed by atoms with Crippen LogP contribution in [0.25, 0.3) is 0 Å². The molecule has 0 saturated carbocycles. The van der Waals surface area contributed by atoms with Crippen LogP contribution in [-0.4, -0.2) is 44.9 Å². The summed E-state index contributed by atoms with van der Waals surface area (Å²) < 4.78 is 40.7. The number of hydrogen-bond acceptors (Lipinski definition) is 5. The zero-order valence-corrected chi connectivity index (χ0v) is 12.9. The van der Waals surface area contributed by atoms with Crippen molar-refractivity contribution in [2.75, 3.05) is 31.7 Å². The van der Waals surface area contributed by atoms with Crippen LogP contribution in [0.5, 0.6) is 0 Å². The Kier molecular flexibility index (Phi) is 4.66. The summed E-state index contributed by atoms with van der Waals surface area (Å²) in [6.45, 7) is 0.925. The van der Waals surface area contributed by atoms with Crippen LogP contribution in [0.1, 0.15) is 6.42 Å². The van der Waals surface area contributed by atoms with Crippen LogP contribution in [0, 0.1) is 5.82 Å². The van der Waals surface area contributed by atoms with Gasteiger partial charge in [0.25, 0.3) is 10.0 Å². The maximum atomic E-state index is 13.1. The summed E-state index contributed by atoms with van der Waals surface area (Å²) in [6.07, 6.45) is 0.925. The Morgan fingerprint density at radius 2 is 2.15 bits per heavy atom. The number of nitrogens with zero attached hydrogens (tertiary/aromatic N) is 2. The van der Waals surface area contributed by atoms with E-state index in [4.69, 9.17) is 0 Å². The minimum Gasteiger partial charge on any atom is -0.333 e. The third-order valence-corrected chi connectivity index (χ3v) is 5.05. The van der Waals surface area contributed by atoms with E-state index in [1.54, 1.807) is 0 Å². The second-order valence-electron chi connectivity index (χ2n) is 4.64. The van der Waals surface area contributed by atoms with Crippen LogP contribution < -0.4 is 5.32 Å². The van der Waals surface area contributed by atoms with Crippen LogP contribution in [0.15, 0.2) is 27.5 Å². The first kappa shape index (κ1) is 15.3.